The molecule has 0 aromatic heterocycles. The first-order chi connectivity index (χ1) is 16.0. The first-order valence-corrected chi connectivity index (χ1v) is 13.3. The van der Waals surface area contributed by atoms with Crippen LogP contribution in [0.5, 0.6) is 5.75 Å². The van der Waals surface area contributed by atoms with Crippen LogP contribution in [0.1, 0.15) is 22.3 Å². The van der Waals surface area contributed by atoms with E-state index in [-0.39, 0.29) is 16.4 Å². The van der Waals surface area contributed by atoms with E-state index >= 15 is 0 Å². The van der Waals surface area contributed by atoms with E-state index in [1.54, 1.807) is 22.7 Å². The Morgan fingerprint density at radius 1 is 0.970 bits per heavy atom. The summed E-state index contributed by atoms with van der Waals surface area (Å²) in [7, 11) is -2.34. The number of amides is 1. The molecule has 0 atom stereocenters. The molecule has 3 aromatic carbocycles. The van der Waals surface area contributed by atoms with Crippen LogP contribution in [-0.4, -0.2) is 40.3 Å². The predicted molar refractivity (Wildman–Crippen MR) is 131 cm³/mol. The summed E-state index contributed by atoms with van der Waals surface area (Å²) in [6.07, 6.45) is 1.51. The molecular weight excluding hydrogens is 456 g/mol. The summed E-state index contributed by atoms with van der Waals surface area (Å²) in [4.78, 5) is 16.6. The van der Waals surface area contributed by atoms with E-state index in [0.29, 0.717) is 30.9 Å². The zero-order valence-electron chi connectivity index (χ0n) is 18.2. The maximum absolute atomic E-state index is 13.7. The summed E-state index contributed by atoms with van der Waals surface area (Å²) in [5, 5.41) is 0. The molecule has 5 rings (SSSR count). The van der Waals surface area contributed by atoms with Crippen molar-refractivity contribution in [2.45, 2.75) is 22.6 Å². The molecule has 2 heterocycles. The van der Waals surface area contributed by atoms with Crippen molar-refractivity contribution < 1.29 is 17.9 Å². The van der Waals surface area contributed by atoms with Crippen LogP contribution >= 0.6 is 11.8 Å². The van der Waals surface area contributed by atoms with Crippen LogP contribution in [0.3, 0.4) is 0 Å². The number of ether oxygens (including phenoxy) is 1. The Labute approximate surface area is 198 Å². The van der Waals surface area contributed by atoms with Gasteiger partial charge in [-0.15, -0.1) is 11.8 Å². The first-order valence-electron chi connectivity index (χ1n) is 10.8. The largest absolute Gasteiger partial charge is 0.496 e. The van der Waals surface area contributed by atoms with Crippen LogP contribution in [0.4, 0.5) is 11.4 Å². The molecule has 33 heavy (non-hydrogen) atoms. The number of nitrogens with zero attached hydrogens (tertiary/aromatic N) is 2. The third-order valence-corrected chi connectivity index (χ3v) is 8.98. The molecule has 0 fully saturated rings. The SMILES string of the molecule is COc1ccc(S(=O)(=O)N2CCc3ccccc32)cc1C(=O)N1CCCSc2ccccc21. The average molecular weight is 481 g/mol. The Morgan fingerprint density at radius 3 is 2.55 bits per heavy atom. The molecule has 0 radical (unpaired) electrons. The molecule has 0 aliphatic carbocycles. The number of thioether (sulfide) groups is 1. The zero-order chi connectivity index (χ0) is 23.0. The molecule has 8 heteroatoms. The molecule has 0 saturated heterocycles. The van der Waals surface area contributed by atoms with Crippen LogP contribution in [-0.2, 0) is 16.4 Å². The number of benzene rings is 3. The normalized spacial score (nSPS) is 15.5. The molecule has 2 aliphatic rings. The molecule has 3 aromatic rings. The van der Waals surface area contributed by atoms with Gasteiger partial charge >= 0.3 is 0 Å². The van der Waals surface area contributed by atoms with Gasteiger partial charge in [0.25, 0.3) is 15.9 Å². The monoisotopic (exact) mass is 480 g/mol. The quantitative estimate of drug-likeness (QED) is 0.547. The highest BCUT2D eigenvalue weighted by Crippen LogP contribution is 2.37. The fourth-order valence-electron chi connectivity index (χ4n) is 4.38. The molecule has 0 bridgehead atoms. The third-order valence-electron chi connectivity index (χ3n) is 6.02. The van der Waals surface area contributed by atoms with Crippen LogP contribution in [0, 0.1) is 0 Å². The molecular formula is C25H24N2O4S2. The Balaban J connectivity index is 1.56. The second-order valence-corrected chi connectivity index (χ2v) is 10.9. The summed E-state index contributed by atoms with van der Waals surface area (Å²) >= 11 is 1.73. The van der Waals surface area contributed by atoms with Crippen LogP contribution < -0.4 is 13.9 Å². The van der Waals surface area contributed by atoms with E-state index in [4.69, 9.17) is 4.74 Å². The van der Waals surface area contributed by atoms with Gasteiger partial charge in [0.2, 0.25) is 0 Å². The summed E-state index contributed by atoms with van der Waals surface area (Å²) in [5.41, 5.74) is 2.78. The second kappa shape index (κ2) is 8.76. The van der Waals surface area contributed by atoms with Gasteiger partial charge in [-0.1, -0.05) is 30.3 Å². The van der Waals surface area contributed by atoms with E-state index in [9.17, 15) is 13.2 Å². The van der Waals surface area contributed by atoms with E-state index in [2.05, 4.69) is 0 Å². The lowest BCUT2D eigenvalue weighted by molar-refractivity contribution is 0.0983. The Hall–Kier alpha value is -2.97. The van der Waals surface area contributed by atoms with E-state index < -0.39 is 10.0 Å². The number of rotatable bonds is 4. The second-order valence-electron chi connectivity index (χ2n) is 7.94. The van der Waals surface area contributed by atoms with Crippen molar-refractivity contribution in [1.82, 2.24) is 0 Å². The third kappa shape index (κ3) is 3.87. The van der Waals surface area contributed by atoms with Crippen molar-refractivity contribution in [3.8, 4) is 5.75 Å². The number of hydrogen-bond donors (Lipinski definition) is 0. The lowest BCUT2D eigenvalue weighted by atomic mass is 10.1. The van der Waals surface area contributed by atoms with Gasteiger partial charge in [0.05, 0.1) is 28.9 Å². The minimum atomic E-state index is -3.83. The highest BCUT2D eigenvalue weighted by Gasteiger charge is 2.32. The topological polar surface area (TPSA) is 66.9 Å². The average Bonchev–Trinajstić information content (AvgIpc) is 3.17. The smallest absolute Gasteiger partial charge is 0.264 e. The summed E-state index contributed by atoms with van der Waals surface area (Å²) in [5.74, 6) is 1.01. The Morgan fingerprint density at radius 2 is 1.73 bits per heavy atom. The van der Waals surface area contributed by atoms with Crippen LogP contribution in [0.25, 0.3) is 0 Å². The molecule has 0 unspecified atom stereocenters. The van der Waals surface area contributed by atoms with Gasteiger partial charge in [0.1, 0.15) is 5.75 Å². The fraction of sp³-hybridized carbons (Fsp3) is 0.240. The maximum atomic E-state index is 13.7. The molecule has 6 nitrogen and oxygen atoms in total. The van der Waals surface area contributed by atoms with E-state index in [1.165, 1.54) is 23.5 Å². The predicted octanol–water partition coefficient (Wildman–Crippen LogP) is 4.59. The maximum Gasteiger partial charge on any atom is 0.264 e. The fourth-order valence-corrected chi connectivity index (χ4v) is 6.91. The number of sulfonamides is 1. The van der Waals surface area contributed by atoms with Gasteiger partial charge < -0.3 is 9.64 Å². The minimum Gasteiger partial charge on any atom is -0.496 e. The number of carbonyl (C=O) groups excluding carboxylic acids is 1. The number of para-hydroxylation sites is 2. The molecule has 1 amide bonds. The highest BCUT2D eigenvalue weighted by atomic mass is 32.2. The lowest BCUT2D eigenvalue weighted by Crippen LogP contribution is -2.33. The summed E-state index contributed by atoms with van der Waals surface area (Å²) in [6, 6.07) is 19.9. The summed E-state index contributed by atoms with van der Waals surface area (Å²) < 4.78 is 34.0. The first kappa shape index (κ1) is 21.9. The van der Waals surface area contributed by atoms with Crippen LogP contribution in [0.15, 0.2) is 76.5 Å². The van der Waals surface area contributed by atoms with Crippen molar-refractivity contribution in [2.75, 3.05) is 35.2 Å². The van der Waals surface area contributed by atoms with Gasteiger partial charge in [-0.2, -0.15) is 0 Å². The minimum absolute atomic E-state index is 0.0841. The van der Waals surface area contributed by atoms with Crippen molar-refractivity contribution in [2.24, 2.45) is 0 Å². The van der Waals surface area contributed by atoms with Crippen molar-refractivity contribution in [3.05, 3.63) is 77.9 Å². The number of hydrogen-bond acceptors (Lipinski definition) is 5. The number of methoxy groups -OCH3 is 1. The standard InChI is InChI=1S/C25H24N2O4S2/c1-31-23-12-11-19(33(29,30)27-15-13-18-7-2-3-8-21(18)27)17-20(23)25(28)26-14-6-16-32-24-10-5-4-9-22(24)26/h2-5,7-12,17H,6,13-16H2,1H3. The molecule has 0 spiro atoms. The van der Waals surface area contributed by atoms with E-state index in [1.807, 2.05) is 48.5 Å². The zero-order valence-corrected chi connectivity index (χ0v) is 19.9. The number of carbonyl (C=O) groups is 1. The molecule has 0 N–H and O–H groups in total. The highest BCUT2D eigenvalue weighted by molar-refractivity contribution is 7.99. The van der Waals surface area contributed by atoms with Gasteiger partial charge in [-0.3, -0.25) is 9.10 Å². The molecule has 2 aliphatic heterocycles. The van der Waals surface area contributed by atoms with Gasteiger partial charge in [-0.05, 0) is 60.6 Å². The molecule has 0 saturated carbocycles. The van der Waals surface area contributed by atoms with Crippen LogP contribution in [0.2, 0.25) is 0 Å². The number of anilines is 2. The Kier molecular flexibility index (Phi) is 5.80. The lowest BCUT2D eigenvalue weighted by Gasteiger charge is -2.24. The number of fused-ring (bicyclic) bond motifs is 2. The Bertz CT molecular complexity index is 1320. The van der Waals surface area contributed by atoms with E-state index in [0.717, 1.165) is 28.3 Å². The van der Waals surface area contributed by atoms with Gasteiger partial charge in [0, 0.05) is 18.0 Å². The van der Waals surface area contributed by atoms with Crippen molar-refractivity contribution in [1.29, 1.82) is 0 Å². The summed E-state index contributed by atoms with van der Waals surface area (Å²) in [6.45, 7) is 0.941. The molecule has 170 valence electrons. The van der Waals surface area contributed by atoms with Gasteiger partial charge in [0.15, 0.2) is 0 Å². The van der Waals surface area contributed by atoms with Gasteiger partial charge in [-0.25, -0.2) is 8.42 Å². The van der Waals surface area contributed by atoms with Crippen molar-refractivity contribution >= 4 is 39.1 Å². The van der Waals surface area contributed by atoms with Crippen molar-refractivity contribution in [3.63, 3.8) is 0 Å².